The number of amides is 1. The zero-order chi connectivity index (χ0) is 29.5. The number of anilines is 2. The number of para-hydroxylation sites is 1. The van der Waals surface area contributed by atoms with Crippen LogP contribution < -0.4 is 10.6 Å². The van der Waals surface area contributed by atoms with Gasteiger partial charge in [-0.1, -0.05) is 74.1 Å². The van der Waals surface area contributed by atoms with E-state index in [4.69, 9.17) is 14.7 Å². The quantitative estimate of drug-likeness (QED) is 0.184. The third-order valence-electron chi connectivity index (χ3n) is 7.70. The summed E-state index contributed by atoms with van der Waals surface area (Å²) in [5.41, 5.74) is 2.89. The van der Waals surface area contributed by atoms with E-state index in [1.165, 1.54) is 0 Å². The molecule has 1 atom stereocenters. The maximum Gasteiger partial charge on any atom is 0.410 e. The lowest BCUT2D eigenvalue weighted by Crippen LogP contribution is -2.43. The Kier molecular flexibility index (Phi) is 9.81. The molecule has 42 heavy (non-hydrogen) atoms. The van der Waals surface area contributed by atoms with Crippen molar-refractivity contribution in [3.63, 3.8) is 0 Å². The van der Waals surface area contributed by atoms with Crippen molar-refractivity contribution >= 4 is 40.5 Å². The Hall–Kier alpha value is -3.82. The average Bonchev–Trinajstić information content (AvgIpc) is 3.01. The van der Waals surface area contributed by atoms with Crippen molar-refractivity contribution in [3.8, 4) is 0 Å². The van der Waals surface area contributed by atoms with Crippen LogP contribution in [0, 0.1) is 5.92 Å². The van der Waals surface area contributed by atoms with Crippen LogP contribution in [0.15, 0.2) is 82.6 Å². The van der Waals surface area contributed by atoms with Crippen molar-refractivity contribution < 1.29 is 14.6 Å². The molecule has 0 saturated carbocycles. The van der Waals surface area contributed by atoms with Crippen molar-refractivity contribution in [2.75, 3.05) is 23.7 Å². The fraction of sp³-hybridized carbons (Fsp3) is 0.364. The van der Waals surface area contributed by atoms with Crippen LogP contribution in [0.5, 0.6) is 0 Å². The molecule has 3 aromatic carbocycles. The van der Waals surface area contributed by atoms with E-state index >= 15 is 0 Å². The van der Waals surface area contributed by atoms with Crippen LogP contribution in [-0.4, -0.2) is 51.3 Å². The van der Waals surface area contributed by atoms with Gasteiger partial charge < -0.3 is 25.4 Å². The molecule has 1 saturated heterocycles. The molecule has 0 spiro atoms. The topological polar surface area (TPSA) is 99.6 Å². The molecule has 1 unspecified atom stereocenters. The van der Waals surface area contributed by atoms with Crippen molar-refractivity contribution in [1.82, 2.24) is 14.9 Å². The number of aromatic nitrogens is 2. The first-order valence-corrected chi connectivity index (χ1v) is 15.4. The summed E-state index contributed by atoms with van der Waals surface area (Å²) in [6.07, 6.45) is 1.29. The van der Waals surface area contributed by atoms with Gasteiger partial charge in [-0.15, -0.1) is 0 Å². The summed E-state index contributed by atoms with van der Waals surface area (Å²) in [4.78, 5) is 26.2. The van der Waals surface area contributed by atoms with E-state index in [0.29, 0.717) is 25.6 Å². The summed E-state index contributed by atoms with van der Waals surface area (Å²) < 4.78 is 5.62. The predicted molar refractivity (Wildman–Crippen MR) is 169 cm³/mol. The predicted octanol–water partition coefficient (Wildman–Crippen LogP) is 6.94. The van der Waals surface area contributed by atoms with E-state index in [-0.39, 0.29) is 30.8 Å². The van der Waals surface area contributed by atoms with Crippen LogP contribution in [0.2, 0.25) is 0 Å². The van der Waals surface area contributed by atoms with E-state index in [9.17, 15) is 9.90 Å². The number of hydrogen-bond donors (Lipinski definition) is 3. The number of hydrogen-bond acceptors (Lipinski definition) is 8. The number of carbonyl (C=O) groups is 1. The highest BCUT2D eigenvalue weighted by Gasteiger charge is 2.26. The Morgan fingerprint density at radius 1 is 0.952 bits per heavy atom. The van der Waals surface area contributed by atoms with Gasteiger partial charge in [0.05, 0.1) is 12.1 Å². The molecule has 9 heteroatoms. The lowest BCUT2D eigenvalue weighted by Gasteiger charge is -2.33. The first-order valence-electron chi connectivity index (χ1n) is 14.6. The largest absolute Gasteiger partial charge is 0.446 e. The SMILES string of the molecule is CC(C)C(C)OC(=O)N1CCC(Nc2nc(NCc3ccccc3Sc3ccccc3CO)nc3ccccc23)CC1. The van der Waals surface area contributed by atoms with E-state index in [1.807, 2.05) is 67.6 Å². The molecule has 8 nitrogen and oxygen atoms in total. The number of carbonyl (C=O) groups excluding carboxylic acids is 1. The van der Waals surface area contributed by atoms with Crippen LogP contribution in [0.3, 0.4) is 0 Å². The third-order valence-corrected chi connectivity index (χ3v) is 8.93. The Balaban J connectivity index is 1.27. The van der Waals surface area contributed by atoms with Crippen LogP contribution in [0.25, 0.3) is 10.9 Å². The Bertz CT molecular complexity index is 1510. The second-order valence-corrected chi connectivity index (χ2v) is 12.1. The molecule has 220 valence electrons. The first kappa shape index (κ1) is 29.7. The lowest BCUT2D eigenvalue weighted by atomic mass is 10.1. The number of nitrogens with zero attached hydrogens (tertiary/aromatic N) is 3. The highest BCUT2D eigenvalue weighted by Crippen LogP contribution is 2.33. The van der Waals surface area contributed by atoms with Gasteiger partial charge in [-0.25, -0.2) is 9.78 Å². The minimum atomic E-state index is -0.230. The number of nitrogens with one attached hydrogen (secondary N) is 2. The number of likely N-dealkylation sites (tertiary alicyclic amines) is 1. The zero-order valence-electron chi connectivity index (χ0n) is 24.4. The molecular weight excluding hydrogens is 546 g/mol. The summed E-state index contributed by atoms with van der Waals surface area (Å²) in [6, 6.07) is 24.3. The van der Waals surface area contributed by atoms with Gasteiger partial charge in [-0.3, -0.25) is 0 Å². The Labute approximate surface area is 251 Å². The smallest absolute Gasteiger partial charge is 0.410 e. The van der Waals surface area contributed by atoms with Gasteiger partial charge in [0.25, 0.3) is 0 Å². The summed E-state index contributed by atoms with van der Waals surface area (Å²) in [6.45, 7) is 7.89. The maximum atomic E-state index is 12.6. The minimum absolute atomic E-state index is 0.00471. The van der Waals surface area contributed by atoms with E-state index in [1.54, 1.807) is 16.7 Å². The van der Waals surface area contributed by atoms with E-state index in [0.717, 1.165) is 50.5 Å². The molecular formula is C33H39N5O3S. The second kappa shape index (κ2) is 13.9. The molecule has 1 aliphatic heterocycles. The standard InChI is InChI=1S/C33H39N5O3S/c1-22(2)23(3)41-33(40)38-18-16-26(17-19-38)35-31-27-12-6-7-13-28(27)36-32(37-31)34-20-24-10-4-8-14-29(24)42-30-15-9-5-11-25(30)21-39/h4-15,22-23,26,39H,16-21H2,1-3H3,(H2,34,35,36,37). The van der Waals surface area contributed by atoms with Gasteiger partial charge in [-0.05, 0) is 61.1 Å². The molecule has 3 N–H and O–H groups in total. The summed E-state index contributed by atoms with van der Waals surface area (Å²) in [7, 11) is 0. The second-order valence-electron chi connectivity index (χ2n) is 11.0. The number of ether oxygens (including phenoxy) is 1. The van der Waals surface area contributed by atoms with Crippen molar-refractivity contribution in [2.45, 2.75) is 68.7 Å². The molecule has 5 rings (SSSR count). The lowest BCUT2D eigenvalue weighted by molar-refractivity contribution is 0.0458. The maximum absolute atomic E-state index is 12.6. The van der Waals surface area contributed by atoms with Crippen molar-refractivity contribution in [1.29, 1.82) is 0 Å². The number of fused-ring (bicyclic) bond motifs is 1. The summed E-state index contributed by atoms with van der Waals surface area (Å²) in [5.74, 6) is 1.63. The van der Waals surface area contributed by atoms with Crippen LogP contribution in [0.4, 0.5) is 16.6 Å². The molecule has 1 aromatic heterocycles. The summed E-state index contributed by atoms with van der Waals surface area (Å²) >= 11 is 1.65. The van der Waals surface area contributed by atoms with Crippen LogP contribution in [-0.2, 0) is 17.9 Å². The molecule has 0 radical (unpaired) electrons. The highest BCUT2D eigenvalue weighted by atomic mass is 32.2. The molecule has 1 fully saturated rings. The van der Waals surface area contributed by atoms with Crippen molar-refractivity contribution in [3.05, 3.63) is 83.9 Å². The fourth-order valence-electron chi connectivity index (χ4n) is 4.81. The zero-order valence-corrected chi connectivity index (χ0v) is 25.2. The van der Waals surface area contributed by atoms with Crippen molar-refractivity contribution in [2.24, 2.45) is 5.92 Å². The Morgan fingerprint density at radius 3 is 2.31 bits per heavy atom. The monoisotopic (exact) mass is 585 g/mol. The van der Waals surface area contributed by atoms with Gasteiger partial charge in [0.1, 0.15) is 11.9 Å². The number of aliphatic hydroxyl groups excluding tert-OH is 1. The van der Waals surface area contributed by atoms with Gasteiger partial charge in [0.2, 0.25) is 5.95 Å². The molecule has 0 bridgehead atoms. The number of benzene rings is 3. The number of aliphatic hydroxyl groups is 1. The molecule has 0 aliphatic carbocycles. The number of rotatable bonds is 10. The Morgan fingerprint density at radius 2 is 1.60 bits per heavy atom. The third kappa shape index (κ3) is 7.33. The normalized spacial score (nSPS) is 14.6. The first-order chi connectivity index (χ1) is 20.4. The van der Waals surface area contributed by atoms with Gasteiger partial charge >= 0.3 is 6.09 Å². The molecule has 1 amide bonds. The minimum Gasteiger partial charge on any atom is -0.446 e. The molecule has 4 aromatic rings. The number of piperidine rings is 1. The van der Waals surface area contributed by atoms with E-state index in [2.05, 4.69) is 36.6 Å². The van der Waals surface area contributed by atoms with Crippen LogP contribution in [0.1, 0.15) is 44.7 Å². The average molecular weight is 586 g/mol. The van der Waals surface area contributed by atoms with Gasteiger partial charge in [0, 0.05) is 40.9 Å². The fourth-order valence-corrected chi connectivity index (χ4v) is 5.88. The molecule has 1 aliphatic rings. The van der Waals surface area contributed by atoms with Crippen LogP contribution >= 0.6 is 11.8 Å². The summed E-state index contributed by atoms with van der Waals surface area (Å²) in [5, 5.41) is 17.8. The van der Waals surface area contributed by atoms with Gasteiger partial charge in [0.15, 0.2) is 0 Å². The van der Waals surface area contributed by atoms with E-state index < -0.39 is 0 Å². The highest BCUT2D eigenvalue weighted by molar-refractivity contribution is 7.99. The molecule has 2 heterocycles. The van der Waals surface area contributed by atoms with Gasteiger partial charge in [-0.2, -0.15) is 4.98 Å².